The van der Waals surface area contributed by atoms with Crippen LogP contribution in [-0.2, 0) is 5.60 Å². The van der Waals surface area contributed by atoms with Crippen LogP contribution in [0.1, 0.15) is 11.1 Å². The molecule has 2 aromatic rings. The summed E-state index contributed by atoms with van der Waals surface area (Å²) in [5.74, 6) is 0. The number of anilines is 1. The normalized spacial score (nSPS) is 13.9. The van der Waals surface area contributed by atoms with Crippen molar-refractivity contribution in [1.29, 1.82) is 0 Å². The number of urea groups is 1. The average molecular weight is 338 g/mol. The van der Waals surface area contributed by atoms with E-state index in [0.717, 1.165) is 17.7 Å². The molecule has 24 heavy (non-hydrogen) atoms. The summed E-state index contributed by atoms with van der Waals surface area (Å²) in [6, 6.07) is 12.7. The zero-order chi connectivity index (χ0) is 17.8. The molecule has 0 saturated heterocycles. The summed E-state index contributed by atoms with van der Waals surface area (Å²) in [6.45, 7) is 0.754. The molecule has 0 heterocycles. The third kappa shape index (κ3) is 3.86. The number of aryl methyl sites for hydroxylation is 1. The largest absolute Gasteiger partial charge is 0.423 e. The summed E-state index contributed by atoms with van der Waals surface area (Å²) in [4.78, 5) is 11.9. The van der Waals surface area contributed by atoms with Crippen LogP contribution in [0.25, 0.3) is 0 Å². The Morgan fingerprint density at radius 3 is 2.21 bits per heavy atom. The van der Waals surface area contributed by atoms with Gasteiger partial charge in [0.2, 0.25) is 5.60 Å². The van der Waals surface area contributed by atoms with Crippen LogP contribution < -0.4 is 10.6 Å². The van der Waals surface area contributed by atoms with Crippen LogP contribution in [0, 0.1) is 6.92 Å². The highest BCUT2D eigenvalue weighted by Crippen LogP contribution is 2.38. The molecular formula is C17H17F3N2O2. The Hall–Kier alpha value is -2.54. The van der Waals surface area contributed by atoms with Crippen molar-refractivity contribution < 1.29 is 23.1 Å². The molecular weight excluding hydrogens is 321 g/mol. The van der Waals surface area contributed by atoms with Gasteiger partial charge in [0.05, 0.1) is 6.54 Å². The van der Waals surface area contributed by atoms with E-state index in [4.69, 9.17) is 0 Å². The number of hydrogen-bond acceptors (Lipinski definition) is 2. The number of benzene rings is 2. The monoisotopic (exact) mass is 338 g/mol. The van der Waals surface area contributed by atoms with Crippen LogP contribution in [0.4, 0.5) is 23.7 Å². The van der Waals surface area contributed by atoms with Crippen LogP contribution in [0.2, 0.25) is 0 Å². The maximum absolute atomic E-state index is 13.3. The molecule has 0 aliphatic carbocycles. The van der Waals surface area contributed by atoms with E-state index in [-0.39, 0.29) is 5.56 Å². The Morgan fingerprint density at radius 2 is 1.62 bits per heavy atom. The van der Waals surface area contributed by atoms with Gasteiger partial charge in [-0.25, -0.2) is 4.79 Å². The number of halogens is 3. The number of amides is 2. The summed E-state index contributed by atoms with van der Waals surface area (Å²) in [7, 11) is 0. The van der Waals surface area contributed by atoms with Crippen LogP contribution in [0.15, 0.2) is 54.6 Å². The summed E-state index contributed by atoms with van der Waals surface area (Å²) in [6.07, 6.45) is -4.94. The SMILES string of the molecule is Cc1ccccc1NC(=O)NCC(O)(c1ccccc1)C(F)(F)F. The lowest BCUT2D eigenvalue weighted by molar-refractivity contribution is -0.263. The maximum Gasteiger partial charge on any atom is 0.423 e. The van der Waals surface area contributed by atoms with Crippen molar-refractivity contribution in [2.45, 2.75) is 18.7 Å². The minimum absolute atomic E-state index is 0.339. The Kier molecular flexibility index (Phi) is 5.14. The number of aliphatic hydroxyl groups is 1. The first kappa shape index (κ1) is 17.8. The molecule has 0 spiro atoms. The number of carbonyl (C=O) groups excluding carboxylic acids is 1. The van der Waals surface area contributed by atoms with Gasteiger partial charge >= 0.3 is 12.2 Å². The second-order valence-electron chi connectivity index (χ2n) is 5.35. The van der Waals surface area contributed by atoms with Gasteiger partial charge in [-0.15, -0.1) is 0 Å². The summed E-state index contributed by atoms with van der Waals surface area (Å²) in [5, 5.41) is 14.7. The van der Waals surface area contributed by atoms with Crippen molar-refractivity contribution >= 4 is 11.7 Å². The maximum atomic E-state index is 13.3. The minimum Gasteiger partial charge on any atom is -0.375 e. The van der Waals surface area contributed by atoms with E-state index >= 15 is 0 Å². The molecule has 7 heteroatoms. The first-order valence-electron chi connectivity index (χ1n) is 7.19. The Balaban J connectivity index is 2.12. The van der Waals surface area contributed by atoms with E-state index in [1.54, 1.807) is 37.3 Å². The summed E-state index contributed by atoms with van der Waals surface area (Å²) >= 11 is 0. The molecule has 2 aromatic carbocycles. The molecule has 1 atom stereocenters. The van der Waals surface area contributed by atoms with E-state index in [1.165, 1.54) is 12.1 Å². The number of carbonyl (C=O) groups is 1. The van der Waals surface area contributed by atoms with Crippen molar-refractivity contribution in [3.63, 3.8) is 0 Å². The topological polar surface area (TPSA) is 61.4 Å². The van der Waals surface area contributed by atoms with Gasteiger partial charge in [0.15, 0.2) is 0 Å². The molecule has 4 nitrogen and oxygen atoms in total. The van der Waals surface area contributed by atoms with Gasteiger partial charge in [0, 0.05) is 5.69 Å². The van der Waals surface area contributed by atoms with Crippen LogP contribution in [0.3, 0.4) is 0 Å². The Morgan fingerprint density at radius 1 is 1.04 bits per heavy atom. The van der Waals surface area contributed by atoms with Gasteiger partial charge in [-0.1, -0.05) is 48.5 Å². The second-order valence-corrected chi connectivity index (χ2v) is 5.35. The van der Waals surface area contributed by atoms with E-state index in [2.05, 4.69) is 10.6 Å². The lowest BCUT2D eigenvalue weighted by Crippen LogP contribution is -2.51. The zero-order valence-corrected chi connectivity index (χ0v) is 12.9. The third-order valence-corrected chi connectivity index (χ3v) is 3.62. The summed E-state index contributed by atoms with van der Waals surface area (Å²) in [5.41, 5.74) is -2.27. The highest BCUT2D eigenvalue weighted by atomic mass is 19.4. The second kappa shape index (κ2) is 6.92. The van der Waals surface area contributed by atoms with E-state index in [0.29, 0.717) is 5.69 Å². The average Bonchev–Trinajstić information content (AvgIpc) is 2.54. The van der Waals surface area contributed by atoms with E-state index in [1.807, 2.05) is 0 Å². The summed E-state index contributed by atoms with van der Waals surface area (Å²) < 4.78 is 39.9. The van der Waals surface area contributed by atoms with Crippen molar-refractivity contribution in [3.8, 4) is 0 Å². The molecule has 3 N–H and O–H groups in total. The van der Waals surface area contributed by atoms with Gasteiger partial charge in [-0.05, 0) is 24.1 Å². The van der Waals surface area contributed by atoms with Gasteiger partial charge in [-0.3, -0.25) is 0 Å². The number of nitrogens with one attached hydrogen (secondary N) is 2. The Labute approximate surface area is 137 Å². The highest BCUT2D eigenvalue weighted by Gasteiger charge is 2.55. The first-order valence-corrected chi connectivity index (χ1v) is 7.19. The lowest BCUT2D eigenvalue weighted by atomic mass is 9.93. The van der Waals surface area contributed by atoms with Crippen molar-refractivity contribution in [2.24, 2.45) is 0 Å². The smallest absolute Gasteiger partial charge is 0.375 e. The number of alkyl halides is 3. The molecule has 2 rings (SSSR count). The Bertz CT molecular complexity index is 704. The molecule has 0 aromatic heterocycles. The minimum atomic E-state index is -4.94. The number of hydrogen-bond donors (Lipinski definition) is 3. The van der Waals surface area contributed by atoms with E-state index in [9.17, 15) is 23.1 Å². The van der Waals surface area contributed by atoms with Gasteiger partial charge in [0.1, 0.15) is 0 Å². The van der Waals surface area contributed by atoms with Crippen LogP contribution >= 0.6 is 0 Å². The highest BCUT2D eigenvalue weighted by molar-refractivity contribution is 5.90. The van der Waals surface area contributed by atoms with Crippen LogP contribution in [0.5, 0.6) is 0 Å². The predicted molar refractivity (Wildman–Crippen MR) is 84.6 cm³/mol. The number of para-hydroxylation sites is 1. The van der Waals surface area contributed by atoms with Crippen molar-refractivity contribution in [1.82, 2.24) is 5.32 Å². The van der Waals surface area contributed by atoms with Gasteiger partial charge in [-0.2, -0.15) is 13.2 Å². The standard InChI is InChI=1S/C17H17F3N2O2/c1-12-7-5-6-10-14(12)22-15(23)21-11-16(24,17(18,19)20)13-8-3-2-4-9-13/h2-10,24H,11H2,1H3,(H2,21,22,23). The fraction of sp³-hybridized carbons (Fsp3) is 0.235. The van der Waals surface area contributed by atoms with Gasteiger partial charge < -0.3 is 15.7 Å². The van der Waals surface area contributed by atoms with Crippen LogP contribution in [-0.4, -0.2) is 23.9 Å². The molecule has 0 saturated carbocycles. The molecule has 0 bridgehead atoms. The molecule has 0 aliphatic heterocycles. The fourth-order valence-electron chi connectivity index (χ4n) is 2.17. The van der Waals surface area contributed by atoms with Gasteiger partial charge in [0.25, 0.3) is 0 Å². The molecule has 0 aliphatic rings. The fourth-order valence-corrected chi connectivity index (χ4v) is 2.17. The van der Waals surface area contributed by atoms with Crippen molar-refractivity contribution in [2.75, 3.05) is 11.9 Å². The predicted octanol–water partition coefficient (Wildman–Crippen LogP) is 3.57. The van der Waals surface area contributed by atoms with Crippen molar-refractivity contribution in [3.05, 3.63) is 65.7 Å². The first-order chi connectivity index (χ1) is 11.2. The lowest BCUT2D eigenvalue weighted by Gasteiger charge is -2.31. The zero-order valence-electron chi connectivity index (χ0n) is 12.9. The molecule has 1 unspecified atom stereocenters. The third-order valence-electron chi connectivity index (χ3n) is 3.62. The molecule has 0 fully saturated rings. The molecule has 128 valence electrons. The molecule has 2 amide bonds. The van der Waals surface area contributed by atoms with E-state index < -0.39 is 24.4 Å². The quantitative estimate of drug-likeness (QED) is 0.798. The molecule has 0 radical (unpaired) electrons. The number of rotatable bonds is 4.